The highest BCUT2D eigenvalue weighted by atomic mass is 16.5. The maximum Gasteiger partial charge on any atom is 0.239 e. The number of aromatic hydroxyl groups is 1. The van der Waals surface area contributed by atoms with Crippen molar-refractivity contribution in [1.82, 2.24) is 4.90 Å². The van der Waals surface area contributed by atoms with Gasteiger partial charge in [-0.1, -0.05) is 30.3 Å². The third-order valence-corrected chi connectivity index (χ3v) is 7.29. The predicted octanol–water partition coefficient (Wildman–Crippen LogP) is 3.61. The molecule has 3 aromatic rings. The van der Waals surface area contributed by atoms with Crippen LogP contribution in [0.3, 0.4) is 0 Å². The normalized spacial score (nSPS) is 18.9. The quantitative estimate of drug-likeness (QED) is 0.530. The van der Waals surface area contributed by atoms with Crippen molar-refractivity contribution in [2.45, 2.75) is 24.9 Å². The Morgan fingerprint density at radius 2 is 1.78 bits per heavy atom. The van der Waals surface area contributed by atoms with Gasteiger partial charge in [0, 0.05) is 25.3 Å². The summed E-state index contributed by atoms with van der Waals surface area (Å²) in [6.45, 7) is 3.47. The molecule has 3 aromatic carbocycles. The molecule has 1 saturated heterocycles. The topological polar surface area (TPSA) is 88.3 Å². The lowest BCUT2D eigenvalue weighted by atomic mass is 9.88. The lowest BCUT2D eigenvalue weighted by Gasteiger charge is -2.40. The van der Waals surface area contributed by atoms with E-state index in [9.17, 15) is 9.90 Å². The van der Waals surface area contributed by atoms with Crippen LogP contribution in [0.2, 0.25) is 0 Å². The van der Waals surface area contributed by atoms with Crippen LogP contribution < -0.4 is 15.4 Å². The lowest BCUT2D eigenvalue weighted by Crippen LogP contribution is -2.44. The Morgan fingerprint density at radius 1 is 1.06 bits per heavy atom. The molecule has 7 nitrogen and oxygen atoms in total. The molecule has 2 unspecified atom stereocenters. The zero-order chi connectivity index (χ0) is 25.1. The molecule has 0 aliphatic carbocycles. The van der Waals surface area contributed by atoms with Crippen LogP contribution >= 0.6 is 0 Å². The Hall–Kier alpha value is -3.55. The van der Waals surface area contributed by atoms with Crippen LogP contribution in [-0.4, -0.2) is 55.9 Å². The second-order valence-corrected chi connectivity index (χ2v) is 9.44. The molecule has 0 saturated carbocycles. The number of carbonyl (C=O) groups excluding carboxylic acids is 1. The molecular weight excluding hydrogens is 454 g/mol. The number of rotatable bonds is 7. The summed E-state index contributed by atoms with van der Waals surface area (Å²) >= 11 is 0. The number of hydrogen-bond acceptors (Lipinski definition) is 6. The van der Waals surface area contributed by atoms with Crippen molar-refractivity contribution in [3.63, 3.8) is 0 Å². The van der Waals surface area contributed by atoms with E-state index in [1.165, 1.54) is 11.1 Å². The number of ether oxygens (including phenoxy) is 2. The van der Waals surface area contributed by atoms with E-state index in [1.807, 2.05) is 30.3 Å². The number of amides is 1. The van der Waals surface area contributed by atoms with Crippen molar-refractivity contribution in [3.8, 4) is 11.5 Å². The molecule has 1 fully saturated rings. The van der Waals surface area contributed by atoms with Crippen molar-refractivity contribution in [3.05, 3.63) is 89.0 Å². The van der Waals surface area contributed by atoms with E-state index in [4.69, 9.17) is 15.2 Å². The molecule has 1 amide bonds. The summed E-state index contributed by atoms with van der Waals surface area (Å²) in [5, 5.41) is 9.74. The maximum atomic E-state index is 12.4. The molecular formula is C29H33N3O4. The highest BCUT2D eigenvalue weighted by Crippen LogP contribution is 2.38. The van der Waals surface area contributed by atoms with Gasteiger partial charge in [-0.15, -0.1) is 0 Å². The van der Waals surface area contributed by atoms with Crippen LogP contribution in [0.5, 0.6) is 11.5 Å². The molecule has 7 heteroatoms. The number of phenolic OH excluding ortho intramolecular Hbond substituents is 1. The zero-order valence-electron chi connectivity index (χ0n) is 20.6. The molecule has 0 radical (unpaired) electrons. The van der Waals surface area contributed by atoms with E-state index >= 15 is 0 Å². The Morgan fingerprint density at radius 3 is 2.44 bits per heavy atom. The van der Waals surface area contributed by atoms with Gasteiger partial charge in [0.15, 0.2) is 0 Å². The van der Waals surface area contributed by atoms with Gasteiger partial charge < -0.3 is 25.2 Å². The monoisotopic (exact) mass is 487 g/mol. The smallest absolute Gasteiger partial charge is 0.239 e. The average molecular weight is 488 g/mol. The number of primary amides is 1. The fraction of sp³-hybridized carbons (Fsp3) is 0.345. The van der Waals surface area contributed by atoms with Gasteiger partial charge in [-0.05, 0) is 71.5 Å². The standard InChI is InChI=1S/C29H33N3O4/c1-35-25-10-11-26-22(19-25)12-13-32(27(26)18-20-2-8-24(33)9-3-20)23-6-4-21(5-7-23)28(29(30)34)31-14-16-36-17-15-31/h2-11,19,27-28,33H,12-18H2,1H3,(H2,30,34). The first-order chi connectivity index (χ1) is 17.5. The number of nitrogens with zero attached hydrogens (tertiary/aromatic N) is 2. The second-order valence-electron chi connectivity index (χ2n) is 9.44. The molecule has 5 rings (SSSR count). The van der Waals surface area contributed by atoms with E-state index in [0.717, 1.165) is 42.0 Å². The van der Waals surface area contributed by atoms with Crippen LogP contribution in [0, 0.1) is 0 Å². The lowest BCUT2D eigenvalue weighted by molar-refractivity contribution is -0.125. The summed E-state index contributed by atoms with van der Waals surface area (Å²) in [5.74, 6) is 0.801. The molecule has 2 heterocycles. The summed E-state index contributed by atoms with van der Waals surface area (Å²) in [6, 6.07) is 21.7. The minimum Gasteiger partial charge on any atom is -0.508 e. The Labute approximate surface area is 212 Å². The SMILES string of the molecule is COc1ccc2c(c1)CCN(c1ccc(C(C(N)=O)N3CCOCC3)cc1)C2Cc1ccc(O)cc1. The van der Waals surface area contributed by atoms with Crippen LogP contribution in [0.1, 0.15) is 34.3 Å². The molecule has 2 atom stereocenters. The van der Waals surface area contributed by atoms with E-state index in [1.54, 1.807) is 19.2 Å². The van der Waals surface area contributed by atoms with Gasteiger partial charge in [0.05, 0.1) is 26.4 Å². The summed E-state index contributed by atoms with van der Waals surface area (Å²) in [6.07, 6.45) is 1.72. The maximum absolute atomic E-state index is 12.4. The average Bonchev–Trinajstić information content (AvgIpc) is 2.91. The predicted molar refractivity (Wildman–Crippen MR) is 139 cm³/mol. The number of fused-ring (bicyclic) bond motifs is 1. The minimum atomic E-state index is -0.453. The van der Waals surface area contributed by atoms with Gasteiger partial charge in [-0.3, -0.25) is 9.69 Å². The molecule has 0 spiro atoms. The molecule has 36 heavy (non-hydrogen) atoms. The number of carbonyl (C=O) groups is 1. The van der Waals surface area contributed by atoms with Gasteiger partial charge in [0.25, 0.3) is 0 Å². The largest absolute Gasteiger partial charge is 0.508 e. The number of anilines is 1. The van der Waals surface area contributed by atoms with Crippen LogP contribution in [0.25, 0.3) is 0 Å². The first-order valence-electron chi connectivity index (χ1n) is 12.5. The first-order valence-corrected chi connectivity index (χ1v) is 12.5. The Kier molecular flexibility index (Phi) is 7.11. The minimum absolute atomic E-state index is 0.126. The molecule has 3 N–H and O–H groups in total. The third-order valence-electron chi connectivity index (χ3n) is 7.29. The van der Waals surface area contributed by atoms with Crippen LogP contribution in [0.4, 0.5) is 5.69 Å². The molecule has 2 aliphatic heterocycles. The fourth-order valence-electron chi connectivity index (χ4n) is 5.44. The molecule has 2 aliphatic rings. The number of methoxy groups -OCH3 is 1. The zero-order valence-corrected chi connectivity index (χ0v) is 20.6. The van der Waals surface area contributed by atoms with Crippen molar-refractivity contribution in [1.29, 1.82) is 0 Å². The highest BCUT2D eigenvalue weighted by Gasteiger charge is 2.30. The highest BCUT2D eigenvalue weighted by molar-refractivity contribution is 5.81. The summed E-state index contributed by atoms with van der Waals surface area (Å²) in [7, 11) is 1.70. The van der Waals surface area contributed by atoms with E-state index in [0.29, 0.717) is 26.3 Å². The Balaban J connectivity index is 1.45. The molecule has 188 valence electrons. The van der Waals surface area contributed by atoms with E-state index in [2.05, 4.69) is 34.1 Å². The number of phenols is 1. The Bertz CT molecular complexity index is 1190. The van der Waals surface area contributed by atoms with E-state index in [-0.39, 0.29) is 17.7 Å². The van der Waals surface area contributed by atoms with Crippen molar-refractivity contribution < 1.29 is 19.4 Å². The molecule has 0 bridgehead atoms. The van der Waals surface area contributed by atoms with Gasteiger partial charge in [-0.2, -0.15) is 0 Å². The van der Waals surface area contributed by atoms with Gasteiger partial charge in [-0.25, -0.2) is 0 Å². The fourth-order valence-corrected chi connectivity index (χ4v) is 5.44. The van der Waals surface area contributed by atoms with Gasteiger partial charge in [0.2, 0.25) is 5.91 Å². The number of nitrogens with two attached hydrogens (primary N) is 1. The van der Waals surface area contributed by atoms with E-state index < -0.39 is 6.04 Å². The van der Waals surface area contributed by atoms with Gasteiger partial charge >= 0.3 is 0 Å². The van der Waals surface area contributed by atoms with Crippen LogP contribution in [0.15, 0.2) is 66.7 Å². The van der Waals surface area contributed by atoms with Crippen LogP contribution in [-0.2, 0) is 22.4 Å². The number of benzene rings is 3. The summed E-state index contributed by atoms with van der Waals surface area (Å²) in [4.78, 5) is 16.9. The number of morpholine rings is 1. The summed E-state index contributed by atoms with van der Waals surface area (Å²) in [5.41, 5.74) is 11.6. The first kappa shape index (κ1) is 24.2. The second kappa shape index (κ2) is 10.6. The van der Waals surface area contributed by atoms with Crippen molar-refractivity contribution >= 4 is 11.6 Å². The number of hydrogen-bond donors (Lipinski definition) is 2. The summed E-state index contributed by atoms with van der Waals surface area (Å²) < 4.78 is 10.9. The van der Waals surface area contributed by atoms with Gasteiger partial charge in [0.1, 0.15) is 17.5 Å². The van der Waals surface area contributed by atoms with Crippen molar-refractivity contribution in [2.75, 3.05) is 44.9 Å². The third kappa shape index (κ3) is 5.03. The van der Waals surface area contributed by atoms with Crippen molar-refractivity contribution in [2.24, 2.45) is 5.73 Å². The molecule has 0 aromatic heterocycles.